The van der Waals surface area contributed by atoms with Crippen molar-refractivity contribution in [1.82, 2.24) is 15.1 Å². The van der Waals surface area contributed by atoms with Crippen molar-refractivity contribution in [3.63, 3.8) is 0 Å². The quantitative estimate of drug-likeness (QED) is 0.702. The summed E-state index contributed by atoms with van der Waals surface area (Å²) in [7, 11) is 1.53. The average molecular weight is 450 g/mol. The minimum Gasteiger partial charge on any atom is -0.496 e. The van der Waals surface area contributed by atoms with Gasteiger partial charge in [-0.3, -0.25) is 14.5 Å². The normalized spacial score (nSPS) is 15.8. The Kier molecular flexibility index (Phi) is 7.75. The first-order chi connectivity index (χ1) is 14.4. The third-order valence-corrected chi connectivity index (χ3v) is 6.48. The maximum atomic E-state index is 13.2. The fraction of sp³-hybridized carbons (Fsp3) is 0.455. The Bertz CT molecular complexity index is 878. The molecule has 30 heavy (non-hydrogen) atoms. The molecule has 0 saturated carbocycles. The molecule has 1 aromatic carbocycles. The Balaban J connectivity index is 1.60. The summed E-state index contributed by atoms with van der Waals surface area (Å²) >= 11 is 7.61. The number of carbonyl (C=O) groups is 2. The standard InChI is InChI=1S/C22H28ClN3O3S/c1-15(2)20(24-21(27)17-6-4-5-7-18(17)29-3)22(28)26-12-10-25(11-13-26)14-16-8-9-19(23)30-16/h4-9,15,20H,10-14H2,1-3H3,(H,24,27). The van der Waals surface area contributed by atoms with Crippen LogP contribution in [0, 0.1) is 5.92 Å². The highest BCUT2D eigenvalue weighted by molar-refractivity contribution is 7.16. The number of piperazine rings is 1. The number of thiophene rings is 1. The van der Waals surface area contributed by atoms with Gasteiger partial charge in [0.05, 0.1) is 17.0 Å². The minimum absolute atomic E-state index is 0.0255. The predicted octanol–water partition coefficient (Wildman–Crippen LogP) is 3.51. The molecule has 1 fully saturated rings. The van der Waals surface area contributed by atoms with Gasteiger partial charge in [0.1, 0.15) is 11.8 Å². The van der Waals surface area contributed by atoms with Gasteiger partial charge in [-0.15, -0.1) is 11.3 Å². The zero-order chi connectivity index (χ0) is 21.7. The van der Waals surface area contributed by atoms with Gasteiger partial charge in [-0.25, -0.2) is 0 Å². The number of hydrogen-bond donors (Lipinski definition) is 1. The Hall–Kier alpha value is -2.09. The number of ether oxygens (including phenoxy) is 1. The van der Waals surface area contributed by atoms with E-state index in [1.165, 1.54) is 12.0 Å². The molecule has 162 valence electrons. The second kappa shape index (κ2) is 10.3. The molecule has 1 aliphatic rings. The molecule has 1 saturated heterocycles. The first-order valence-corrected chi connectivity index (χ1v) is 11.3. The third kappa shape index (κ3) is 5.53. The van der Waals surface area contributed by atoms with Crippen LogP contribution in [0.2, 0.25) is 4.34 Å². The molecule has 2 heterocycles. The summed E-state index contributed by atoms with van der Waals surface area (Å²) in [6.45, 7) is 7.62. The number of methoxy groups -OCH3 is 1. The molecule has 0 bridgehead atoms. The summed E-state index contributed by atoms with van der Waals surface area (Å²) in [5.74, 6) is 0.134. The van der Waals surface area contributed by atoms with Crippen molar-refractivity contribution in [3.05, 3.63) is 51.2 Å². The summed E-state index contributed by atoms with van der Waals surface area (Å²) < 4.78 is 6.07. The van der Waals surface area contributed by atoms with Crippen molar-refractivity contribution in [2.45, 2.75) is 26.4 Å². The van der Waals surface area contributed by atoms with Crippen molar-refractivity contribution < 1.29 is 14.3 Å². The largest absolute Gasteiger partial charge is 0.496 e. The highest BCUT2D eigenvalue weighted by atomic mass is 35.5. The van der Waals surface area contributed by atoms with Crippen LogP contribution in [-0.2, 0) is 11.3 Å². The summed E-state index contributed by atoms with van der Waals surface area (Å²) in [6.07, 6.45) is 0. The van der Waals surface area contributed by atoms with Crippen LogP contribution in [0.5, 0.6) is 5.75 Å². The molecule has 1 N–H and O–H groups in total. The fourth-order valence-corrected chi connectivity index (χ4v) is 4.67. The lowest BCUT2D eigenvalue weighted by atomic mass is 10.0. The predicted molar refractivity (Wildman–Crippen MR) is 120 cm³/mol. The van der Waals surface area contributed by atoms with Crippen molar-refractivity contribution in [2.24, 2.45) is 5.92 Å². The summed E-state index contributed by atoms with van der Waals surface area (Å²) in [5.41, 5.74) is 0.429. The van der Waals surface area contributed by atoms with E-state index < -0.39 is 6.04 Å². The molecular weight excluding hydrogens is 422 g/mol. The lowest BCUT2D eigenvalue weighted by molar-refractivity contribution is -0.136. The van der Waals surface area contributed by atoms with Gasteiger partial charge < -0.3 is 15.0 Å². The van der Waals surface area contributed by atoms with Crippen LogP contribution in [0.3, 0.4) is 0 Å². The smallest absolute Gasteiger partial charge is 0.255 e. The molecule has 6 nitrogen and oxygen atoms in total. The summed E-state index contributed by atoms with van der Waals surface area (Å²) in [6, 6.07) is 10.4. The molecule has 8 heteroatoms. The number of halogens is 1. The number of para-hydroxylation sites is 1. The van der Waals surface area contributed by atoms with E-state index in [-0.39, 0.29) is 17.7 Å². The van der Waals surface area contributed by atoms with Gasteiger partial charge in [0.15, 0.2) is 0 Å². The van der Waals surface area contributed by atoms with E-state index >= 15 is 0 Å². The highest BCUT2D eigenvalue weighted by Crippen LogP contribution is 2.23. The Labute approximate surface area is 186 Å². The van der Waals surface area contributed by atoms with Crippen molar-refractivity contribution in [2.75, 3.05) is 33.3 Å². The van der Waals surface area contributed by atoms with Gasteiger partial charge in [-0.2, -0.15) is 0 Å². The molecule has 0 spiro atoms. The Morgan fingerprint density at radius 2 is 1.83 bits per heavy atom. The molecule has 2 amide bonds. The van der Waals surface area contributed by atoms with Gasteiger partial charge in [-0.1, -0.05) is 37.6 Å². The maximum absolute atomic E-state index is 13.2. The number of carbonyl (C=O) groups excluding carboxylic acids is 2. The first kappa shape index (κ1) is 22.6. The minimum atomic E-state index is -0.579. The highest BCUT2D eigenvalue weighted by Gasteiger charge is 2.31. The molecule has 1 aromatic heterocycles. The molecule has 0 radical (unpaired) electrons. The molecule has 1 aliphatic heterocycles. The van der Waals surface area contributed by atoms with Crippen LogP contribution < -0.4 is 10.1 Å². The van der Waals surface area contributed by atoms with Crippen LogP contribution in [0.1, 0.15) is 29.1 Å². The monoisotopic (exact) mass is 449 g/mol. The Morgan fingerprint density at radius 3 is 2.43 bits per heavy atom. The second-order valence-electron chi connectivity index (χ2n) is 7.70. The van der Waals surface area contributed by atoms with Gasteiger partial charge in [0.2, 0.25) is 5.91 Å². The summed E-state index contributed by atoms with van der Waals surface area (Å²) in [4.78, 5) is 31.4. The number of rotatable bonds is 7. The van der Waals surface area contributed by atoms with E-state index in [0.29, 0.717) is 24.4 Å². The molecule has 2 aromatic rings. The number of nitrogens with zero attached hydrogens (tertiary/aromatic N) is 2. The lowest BCUT2D eigenvalue weighted by Gasteiger charge is -2.37. The van der Waals surface area contributed by atoms with Crippen molar-refractivity contribution in [1.29, 1.82) is 0 Å². The average Bonchev–Trinajstić information content (AvgIpc) is 3.16. The van der Waals surface area contributed by atoms with E-state index in [1.54, 1.807) is 29.5 Å². The Morgan fingerprint density at radius 1 is 1.13 bits per heavy atom. The van der Waals surface area contributed by atoms with Crippen LogP contribution in [0.4, 0.5) is 0 Å². The molecular formula is C22H28ClN3O3S. The zero-order valence-corrected chi connectivity index (χ0v) is 19.1. The zero-order valence-electron chi connectivity index (χ0n) is 17.6. The van der Waals surface area contributed by atoms with Crippen LogP contribution >= 0.6 is 22.9 Å². The number of hydrogen-bond acceptors (Lipinski definition) is 5. The van der Waals surface area contributed by atoms with Crippen molar-refractivity contribution in [3.8, 4) is 5.75 Å². The van der Waals surface area contributed by atoms with Gasteiger partial charge in [0, 0.05) is 37.6 Å². The lowest BCUT2D eigenvalue weighted by Crippen LogP contribution is -2.56. The number of benzene rings is 1. The molecule has 0 aliphatic carbocycles. The maximum Gasteiger partial charge on any atom is 0.255 e. The van der Waals surface area contributed by atoms with Gasteiger partial charge >= 0.3 is 0 Å². The van der Waals surface area contributed by atoms with Crippen LogP contribution in [-0.4, -0.2) is 60.9 Å². The van der Waals surface area contributed by atoms with E-state index in [2.05, 4.69) is 10.2 Å². The van der Waals surface area contributed by atoms with Gasteiger partial charge in [0.25, 0.3) is 5.91 Å². The number of amides is 2. The first-order valence-electron chi connectivity index (χ1n) is 10.1. The van der Waals surface area contributed by atoms with E-state index in [1.807, 2.05) is 36.9 Å². The molecule has 1 atom stereocenters. The van der Waals surface area contributed by atoms with E-state index in [0.717, 1.165) is 24.0 Å². The summed E-state index contributed by atoms with van der Waals surface area (Å²) in [5, 5.41) is 2.92. The topological polar surface area (TPSA) is 61.9 Å². The third-order valence-electron chi connectivity index (χ3n) is 5.26. The van der Waals surface area contributed by atoms with E-state index in [9.17, 15) is 9.59 Å². The fourth-order valence-electron chi connectivity index (χ4n) is 3.54. The van der Waals surface area contributed by atoms with E-state index in [4.69, 9.17) is 16.3 Å². The number of nitrogens with one attached hydrogen (secondary N) is 1. The molecule has 3 rings (SSSR count). The second-order valence-corrected chi connectivity index (χ2v) is 9.50. The SMILES string of the molecule is COc1ccccc1C(=O)NC(C(=O)N1CCN(Cc2ccc(Cl)s2)CC1)C(C)C. The van der Waals surface area contributed by atoms with Gasteiger partial charge in [-0.05, 0) is 30.2 Å². The van der Waals surface area contributed by atoms with Crippen LogP contribution in [0.15, 0.2) is 36.4 Å². The molecule has 1 unspecified atom stereocenters. The van der Waals surface area contributed by atoms with Crippen LogP contribution in [0.25, 0.3) is 0 Å². The van der Waals surface area contributed by atoms with Crippen molar-refractivity contribution >= 4 is 34.8 Å².